The highest BCUT2D eigenvalue weighted by Crippen LogP contribution is 2.30. The minimum Gasteiger partial charge on any atom is -0.465 e. The van der Waals surface area contributed by atoms with Gasteiger partial charge in [0.15, 0.2) is 11.6 Å². The van der Waals surface area contributed by atoms with Crippen molar-refractivity contribution < 1.29 is 19.1 Å². The Morgan fingerprint density at radius 1 is 0.525 bits per heavy atom. The molecule has 2 N–H and O–H groups in total. The van der Waals surface area contributed by atoms with E-state index >= 15 is 0 Å². The second-order valence-electron chi connectivity index (χ2n) is 14.8. The monoisotopic (exact) mass is 819 g/mol. The standard InChI is InChI=1S/C31H24ClNO3.C22H18N2O/c1-36-31(35)26-18-25(32)14-13-24(26)16-22-12-15-29-27(17-22)28(30(34)23-10-6-3-7-11-23)20-33(29)19-21-8-4-2-5-9-21;23-18-11-12-21-19(13-18)20(22(25)17-9-5-2-6-10-17)15-24(21)14-16-7-3-1-4-8-16/h2-15,17-18,20H,16,19H2,1H3;1-13,15H,14,23H2. The predicted octanol–water partition coefficient (Wildman–Crippen LogP) is 11.5. The van der Waals surface area contributed by atoms with Crippen LogP contribution >= 0.6 is 11.6 Å². The normalized spacial score (nSPS) is 10.9. The number of carbonyl (C=O) groups is 3. The van der Waals surface area contributed by atoms with Crippen molar-refractivity contribution in [1.29, 1.82) is 0 Å². The molecule has 0 spiro atoms. The summed E-state index contributed by atoms with van der Waals surface area (Å²) in [5, 5.41) is 2.25. The van der Waals surface area contributed by atoms with Crippen LogP contribution < -0.4 is 5.73 Å². The van der Waals surface area contributed by atoms with Crippen molar-refractivity contribution in [2.75, 3.05) is 12.8 Å². The zero-order valence-corrected chi connectivity index (χ0v) is 34.3. The van der Waals surface area contributed by atoms with Gasteiger partial charge in [0.05, 0.1) is 12.7 Å². The van der Waals surface area contributed by atoms with Gasteiger partial charge in [0.25, 0.3) is 0 Å². The van der Waals surface area contributed by atoms with Gasteiger partial charge in [-0.1, -0.05) is 145 Å². The first-order valence-corrected chi connectivity index (χ1v) is 20.3. The van der Waals surface area contributed by atoms with Crippen molar-refractivity contribution in [3.05, 3.63) is 243 Å². The summed E-state index contributed by atoms with van der Waals surface area (Å²) in [6.07, 6.45) is 4.38. The number of halogens is 1. The molecule has 0 radical (unpaired) electrons. The molecule has 0 aliphatic rings. The molecule has 7 nitrogen and oxygen atoms in total. The molecule has 0 aliphatic heterocycles. The molecule has 8 heteroatoms. The topological polar surface area (TPSA) is 96.3 Å². The Morgan fingerprint density at radius 2 is 1.00 bits per heavy atom. The Hall–Kier alpha value is -7.48. The number of nitrogens with two attached hydrogens (primary N) is 1. The van der Waals surface area contributed by atoms with E-state index in [1.165, 1.54) is 12.7 Å². The van der Waals surface area contributed by atoms with Crippen molar-refractivity contribution in [2.24, 2.45) is 0 Å². The number of nitrogens with zero attached hydrogens (tertiary/aromatic N) is 2. The number of aromatic nitrogens is 2. The van der Waals surface area contributed by atoms with Crippen molar-refractivity contribution in [3.8, 4) is 0 Å². The van der Waals surface area contributed by atoms with Gasteiger partial charge >= 0.3 is 5.97 Å². The molecule has 61 heavy (non-hydrogen) atoms. The molecule has 9 aromatic rings. The SMILES string of the molecule is COC(=O)c1cc(Cl)ccc1Cc1ccc2c(c1)c(C(=O)c1ccccc1)cn2Cc1ccccc1.Nc1ccc2c(c1)c(C(=O)c1ccccc1)cn2Cc1ccccc1. The van der Waals surface area contributed by atoms with E-state index in [2.05, 4.69) is 33.4 Å². The largest absolute Gasteiger partial charge is 0.465 e. The summed E-state index contributed by atoms with van der Waals surface area (Å²) in [5.74, 6) is -0.433. The first-order valence-electron chi connectivity index (χ1n) is 19.9. The zero-order chi connectivity index (χ0) is 42.3. The molecule has 2 aromatic heterocycles. The van der Waals surface area contributed by atoms with Crippen LogP contribution in [0.25, 0.3) is 21.8 Å². The van der Waals surface area contributed by atoms with Gasteiger partial charge in [-0.05, 0) is 71.1 Å². The number of anilines is 1. The summed E-state index contributed by atoms with van der Waals surface area (Å²) < 4.78 is 9.18. The number of nitrogen functional groups attached to an aromatic ring is 1. The molecule has 0 unspecified atom stereocenters. The Bertz CT molecular complexity index is 3000. The van der Waals surface area contributed by atoms with E-state index in [-0.39, 0.29) is 11.6 Å². The summed E-state index contributed by atoms with van der Waals surface area (Å²) in [6.45, 7) is 1.37. The van der Waals surface area contributed by atoms with E-state index in [0.29, 0.717) is 58.0 Å². The Morgan fingerprint density at radius 3 is 1.51 bits per heavy atom. The third-order valence-corrected chi connectivity index (χ3v) is 10.9. The van der Waals surface area contributed by atoms with E-state index in [1.807, 2.05) is 152 Å². The van der Waals surface area contributed by atoms with Crippen LogP contribution in [0, 0.1) is 0 Å². The van der Waals surface area contributed by atoms with Gasteiger partial charge in [-0.25, -0.2) is 4.79 Å². The first-order chi connectivity index (χ1) is 29.7. The molecule has 0 saturated heterocycles. The fourth-order valence-electron chi connectivity index (χ4n) is 7.67. The number of ketones is 2. The number of fused-ring (bicyclic) bond motifs is 2. The van der Waals surface area contributed by atoms with Crippen LogP contribution in [-0.2, 0) is 24.2 Å². The molecule has 0 fully saturated rings. The maximum absolute atomic E-state index is 13.5. The first kappa shape index (κ1) is 40.3. The number of carbonyl (C=O) groups excluding carboxylic acids is 3. The van der Waals surface area contributed by atoms with Crippen LogP contribution in [0.4, 0.5) is 5.69 Å². The summed E-state index contributed by atoms with van der Waals surface area (Å²) >= 11 is 6.13. The molecular weight excluding hydrogens is 778 g/mol. The molecule has 0 bridgehead atoms. The summed E-state index contributed by atoms with van der Waals surface area (Å²) in [5.41, 5.74) is 15.9. The van der Waals surface area contributed by atoms with Crippen molar-refractivity contribution in [2.45, 2.75) is 19.5 Å². The van der Waals surface area contributed by atoms with Gasteiger partial charge < -0.3 is 19.6 Å². The lowest BCUT2D eigenvalue weighted by atomic mass is 9.97. The fourth-order valence-corrected chi connectivity index (χ4v) is 7.84. The van der Waals surface area contributed by atoms with Crippen LogP contribution in [0.2, 0.25) is 5.02 Å². The molecular formula is C53H42ClN3O4. The van der Waals surface area contributed by atoms with Gasteiger partial charge in [0.1, 0.15) is 0 Å². The van der Waals surface area contributed by atoms with Gasteiger partial charge in [-0.15, -0.1) is 0 Å². The van der Waals surface area contributed by atoms with Crippen molar-refractivity contribution >= 4 is 56.6 Å². The highest BCUT2D eigenvalue weighted by Gasteiger charge is 2.20. The lowest BCUT2D eigenvalue weighted by molar-refractivity contribution is 0.0599. The number of benzene rings is 7. The molecule has 2 heterocycles. The van der Waals surface area contributed by atoms with Crippen LogP contribution in [0.15, 0.2) is 188 Å². The minimum absolute atomic E-state index is 0.0167. The quantitative estimate of drug-likeness (QED) is 0.0796. The van der Waals surface area contributed by atoms with Crippen LogP contribution in [-0.4, -0.2) is 33.8 Å². The molecule has 0 atom stereocenters. The second kappa shape index (κ2) is 18.2. The average Bonchev–Trinajstić information content (AvgIpc) is 3.84. The van der Waals surface area contributed by atoms with E-state index in [4.69, 9.17) is 22.1 Å². The number of ether oxygens (including phenoxy) is 1. The summed E-state index contributed by atoms with van der Waals surface area (Å²) in [6, 6.07) is 56.2. The molecule has 9 rings (SSSR count). The van der Waals surface area contributed by atoms with E-state index in [1.54, 1.807) is 12.1 Å². The van der Waals surface area contributed by atoms with Gasteiger partial charge in [-0.2, -0.15) is 0 Å². The lowest BCUT2D eigenvalue weighted by Gasteiger charge is -2.10. The van der Waals surface area contributed by atoms with Crippen LogP contribution in [0.3, 0.4) is 0 Å². The average molecular weight is 820 g/mol. The smallest absolute Gasteiger partial charge is 0.338 e. The van der Waals surface area contributed by atoms with E-state index < -0.39 is 5.97 Å². The van der Waals surface area contributed by atoms with E-state index in [0.717, 1.165) is 38.5 Å². The van der Waals surface area contributed by atoms with Crippen molar-refractivity contribution in [3.63, 3.8) is 0 Å². The Labute approximate surface area is 359 Å². The maximum Gasteiger partial charge on any atom is 0.338 e. The molecule has 0 amide bonds. The fraction of sp³-hybridized carbons (Fsp3) is 0.0755. The van der Waals surface area contributed by atoms with Crippen LogP contribution in [0.5, 0.6) is 0 Å². The molecule has 300 valence electrons. The minimum atomic E-state index is -0.428. The molecule has 0 aliphatic carbocycles. The number of esters is 1. The molecule has 0 saturated carbocycles. The molecule has 7 aromatic carbocycles. The summed E-state index contributed by atoms with van der Waals surface area (Å²) in [4.78, 5) is 38.8. The third kappa shape index (κ3) is 9.08. The highest BCUT2D eigenvalue weighted by molar-refractivity contribution is 6.31. The number of hydrogen-bond donors (Lipinski definition) is 1. The Balaban J connectivity index is 0.000000180. The highest BCUT2D eigenvalue weighted by atomic mass is 35.5. The number of rotatable bonds is 11. The van der Waals surface area contributed by atoms with Gasteiger partial charge in [0.2, 0.25) is 0 Å². The summed E-state index contributed by atoms with van der Waals surface area (Å²) in [7, 11) is 1.36. The zero-order valence-electron chi connectivity index (χ0n) is 33.5. The second-order valence-corrected chi connectivity index (χ2v) is 15.2. The van der Waals surface area contributed by atoms with Gasteiger partial charge in [-0.3, -0.25) is 9.59 Å². The van der Waals surface area contributed by atoms with Crippen molar-refractivity contribution in [1.82, 2.24) is 9.13 Å². The van der Waals surface area contributed by atoms with E-state index in [9.17, 15) is 14.4 Å². The van der Waals surface area contributed by atoms with Crippen LogP contribution in [0.1, 0.15) is 64.5 Å². The van der Waals surface area contributed by atoms with Gasteiger partial charge in [0, 0.05) is 80.3 Å². The predicted molar refractivity (Wildman–Crippen MR) is 245 cm³/mol. The third-order valence-electron chi connectivity index (χ3n) is 10.7. The Kier molecular flexibility index (Phi) is 12.0. The number of methoxy groups -OCH3 is 1. The maximum atomic E-state index is 13.5. The lowest BCUT2D eigenvalue weighted by Crippen LogP contribution is -2.06. The number of hydrogen-bond acceptors (Lipinski definition) is 5.